The number of hydrogen-bond donors (Lipinski definition) is 2. The van der Waals surface area contributed by atoms with Crippen molar-refractivity contribution in [2.75, 3.05) is 13.1 Å². The highest BCUT2D eigenvalue weighted by molar-refractivity contribution is 5.17. The van der Waals surface area contributed by atoms with Crippen LogP contribution in [0, 0.1) is 0 Å². The zero-order chi connectivity index (χ0) is 12.3. The molecule has 17 heavy (non-hydrogen) atoms. The summed E-state index contributed by atoms with van der Waals surface area (Å²) in [7, 11) is 0. The van der Waals surface area contributed by atoms with Crippen LogP contribution in [0.2, 0.25) is 0 Å². The Morgan fingerprint density at radius 3 is 3.00 bits per heavy atom. The summed E-state index contributed by atoms with van der Waals surface area (Å²) in [6.45, 7) is 3.72. The van der Waals surface area contributed by atoms with Crippen LogP contribution in [0.4, 0.5) is 0 Å². The average Bonchev–Trinajstić information content (AvgIpc) is 2.77. The van der Waals surface area contributed by atoms with Gasteiger partial charge in [-0.25, -0.2) is 0 Å². The van der Waals surface area contributed by atoms with Gasteiger partial charge in [0.25, 0.3) is 0 Å². The Kier molecular flexibility index (Phi) is 4.10. The first-order valence-electron chi connectivity index (χ1n) is 6.30. The molecule has 3 N–H and O–H groups in total. The molecule has 0 amide bonds. The van der Waals surface area contributed by atoms with E-state index in [9.17, 15) is 5.11 Å². The molecule has 3 unspecified atom stereocenters. The molecule has 1 saturated heterocycles. The quantitative estimate of drug-likeness (QED) is 0.815. The van der Waals surface area contributed by atoms with E-state index in [0.717, 1.165) is 24.9 Å². The largest absolute Gasteiger partial charge is 0.392 e. The van der Waals surface area contributed by atoms with Crippen molar-refractivity contribution in [3.8, 4) is 0 Å². The summed E-state index contributed by atoms with van der Waals surface area (Å²) in [5.41, 5.74) is 7.37. The summed E-state index contributed by atoms with van der Waals surface area (Å²) in [6, 6.07) is 4.27. The molecule has 0 saturated carbocycles. The second kappa shape index (κ2) is 5.58. The Balaban J connectivity index is 2.20. The van der Waals surface area contributed by atoms with E-state index < -0.39 is 0 Å². The molecule has 1 aromatic rings. The first-order chi connectivity index (χ1) is 8.22. The van der Waals surface area contributed by atoms with Crippen molar-refractivity contribution >= 4 is 0 Å². The molecule has 0 radical (unpaired) electrons. The van der Waals surface area contributed by atoms with E-state index in [4.69, 9.17) is 5.73 Å². The third kappa shape index (κ3) is 2.83. The van der Waals surface area contributed by atoms with Gasteiger partial charge in [-0.15, -0.1) is 0 Å². The smallest absolute Gasteiger partial charge is 0.0679 e. The molecule has 1 aliphatic heterocycles. The Labute approximate surface area is 102 Å². The Morgan fingerprint density at radius 2 is 2.47 bits per heavy atom. The lowest BCUT2D eigenvalue weighted by Gasteiger charge is -2.32. The molecule has 0 spiro atoms. The van der Waals surface area contributed by atoms with Crippen molar-refractivity contribution < 1.29 is 5.11 Å². The number of pyridine rings is 1. The number of hydrogen-bond acceptors (Lipinski definition) is 4. The lowest BCUT2D eigenvalue weighted by atomic mass is 9.98. The van der Waals surface area contributed by atoms with Crippen LogP contribution in [0.5, 0.6) is 0 Å². The number of likely N-dealkylation sites (tertiary alicyclic amines) is 1. The van der Waals surface area contributed by atoms with Gasteiger partial charge in [-0.05, 0) is 24.5 Å². The Hall–Kier alpha value is -0.970. The van der Waals surface area contributed by atoms with Gasteiger partial charge in [0, 0.05) is 31.5 Å². The molecule has 0 aromatic carbocycles. The Bertz CT molecular complexity index is 344. The van der Waals surface area contributed by atoms with Gasteiger partial charge >= 0.3 is 0 Å². The molecule has 4 heteroatoms. The summed E-state index contributed by atoms with van der Waals surface area (Å²) < 4.78 is 0. The van der Waals surface area contributed by atoms with Gasteiger partial charge in [0.2, 0.25) is 0 Å². The van der Waals surface area contributed by atoms with E-state index in [-0.39, 0.29) is 18.2 Å². The minimum atomic E-state index is -0.210. The van der Waals surface area contributed by atoms with Crippen LogP contribution < -0.4 is 5.73 Å². The van der Waals surface area contributed by atoms with Crippen molar-refractivity contribution in [1.82, 2.24) is 9.88 Å². The molecule has 4 nitrogen and oxygen atoms in total. The SMILES string of the molecule is CCC(N)C(c1cccnc1)N1CCC(O)C1. The third-order valence-corrected chi connectivity index (χ3v) is 3.49. The van der Waals surface area contributed by atoms with Crippen molar-refractivity contribution in [3.05, 3.63) is 30.1 Å². The van der Waals surface area contributed by atoms with Crippen molar-refractivity contribution in [3.63, 3.8) is 0 Å². The molecular formula is C13H21N3O. The number of nitrogens with two attached hydrogens (primary N) is 1. The molecule has 3 atom stereocenters. The molecular weight excluding hydrogens is 214 g/mol. The van der Waals surface area contributed by atoms with Gasteiger partial charge in [0.05, 0.1) is 12.1 Å². The van der Waals surface area contributed by atoms with Crippen LogP contribution in [0.15, 0.2) is 24.5 Å². The van der Waals surface area contributed by atoms with Crippen LogP contribution in [-0.2, 0) is 0 Å². The lowest BCUT2D eigenvalue weighted by Crippen LogP contribution is -2.40. The third-order valence-electron chi connectivity index (χ3n) is 3.49. The van der Waals surface area contributed by atoms with E-state index in [1.54, 1.807) is 6.20 Å². The van der Waals surface area contributed by atoms with Crippen molar-refractivity contribution in [2.45, 2.75) is 38.0 Å². The summed E-state index contributed by atoms with van der Waals surface area (Å²) in [5, 5.41) is 9.65. The van der Waals surface area contributed by atoms with Crippen LogP contribution >= 0.6 is 0 Å². The van der Waals surface area contributed by atoms with E-state index in [2.05, 4.69) is 22.9 Å². The maximum absolute atomic E-state index is 9.65. The molecule has 0 aliphatic carbocycles. The summed E-state index contributed by atoms with van der Waals surface area (Å²) in [4.78, 5) is 6.44. The van der Waals surface area contributed by atoms with Gasteiger partial charge in [-0.2, -0.15) is 0 Å². The molecule has 1 aliphatic rings. The minimum Gasteiger partial charge on any atom is -0.392 e. The van der Waals surface area contributed by atoms with Crippen molar-refractivity contribution in [1.29, 1.82) is 0 Å². The highest BCUT2D eigenvalue weighted by atomic mass is 16.3. The maximum Gasteiger partial charge on any atom is 0.0679 e. The minimum absolute atomic E-state index is 0.0875. The van der Waals surface area contributed by atoms with Gasteiger partial charge < -0.3 is 10.8 Å². The molecule has 2 rings (SSSR count). The zero-order valence-corrected chi connectivity index (χ0v) is 10.3. The normalized spacial score (nSPS) is 24.8. The first kappa shape index (κ1) is 12.5. The summed E-state index contributed by atoms with van der Waals surface area (Å²) in [5.74, 6) is 0. The summed E-state index contributed by atoms with van der Waals surface area (Å²) >= 11 is 0. The van der Waals surface area contributed by atoms with E-state index >= 15 is 0 Å². The topological polar surface area (TPSA) is 62.4 Å². The van der Waals surface area contributed by atoms with Crippen LogP contribution in [0.3, 0.4) is 0 Å². The number of aromatic nitrogens is 1. The molecule has 0 bridgehead atoms. The molecule has 2 heterocycles. The number of aliphatic hydroxyl groups is 1. The van der Waals surface area contributed by atoms with Gasteiger partial charge in [0.1, 0.15) is 0 Å². The van der Waals surface area contributed by atoms with E-state index in [1.165, 1.54) is 0 Å². The standard InChI is InChI=1S/C13H21N3O/c1-2-12(14)13(10-4-3-6-15-8-10)16-7-5-11(17)9-16/h3-4,6,8,11-13,17H,2,5,7,9,14H2,1H3. The second-order valence-corrected chi connectivity index (χ2v) is 4.74. The van der Waals surface area contributed by atoms with Crippen molar-refractivity contribution in [2.24, 2.45) is 5.73 Å². The number of rotatable bonds is 4. The highest BCUT2D eigenvalue weighted by Gasteiger charge is 2.31. The van der Waals surface area contributed by atoms with Crippen LogP contribution in [0.1, 0.15) is 31.4 Å². The fourth-order valence-electron chi connectivity index (χ4n) is 2.52. The van der Waals surface area contributed by atoms with Gasteiger partial charge in [-0.3, -0.25) is 9.88 Å². The average molecular weight is 235 g/mol. The monoisotopic (exact) mass is 235 g/mol. The second-order valence-electron chi connectivity index (χ2n) is 4.74. The fourth-order valence-corrected chi connectivity index (χ4v) is 2.52. The highest BCUT2D eigenvalue weighted by Crippen LogP contribution is 2.28. The van der Waals surface area contributed by atoms with Gasteiger partial charge in [-0.1, -0.05) is 13.0 Å². The molecule has 1 aromatic heterocycles. The summed E-state index contributed by atoms with van der Waals surface area (Å²) in [6.07, 6.45) is 5.21. The predicted molar refractivity (Wildman–Crippen MR) is 67.4 cm³/mol. The number of β-amino-alcohol motifs (C(OH)–C–C–N with tert-alkyl or cyclic N) is 1. The predicted octanol–water partition coefficient (Wildman–Crippen LogP) is 0.927. The van der Waals surface area contributed by atoms with E-state index in [0.29, 0.717) is 6.54 Å². The molecule has 94 valence electrons. The van der Waals surface area contributed by atoms with Crippen LogP contribution in [0.25, 0.3) is 0 Å². The molecule has 1 fully saturated rings. The number of aliphatic hydroxyl groups excluding tert-OH is 1. The Morgan fingerprint density at radius 1 is 1.65 bits per heavy atom. The lowest BCUT2D eigenvalue weighted by molar-refractivity contribution is 0.148. The number of nitrogens with zero attached hydrogens (tertiary/aromatic N) is 2. The fraction of sp³-hybridized carbons (Fsp3) is 0.615. The van der Waals surface area contributed by atoms with Crippen LogP contribution in [-0.4, -0.2) is 40.2 Å². The zero-order valence-electron chi connectivity index (χ0n) is 10.3. The van der Waals surface area contributed by atoms with E-state index in [1.807, 2.05) is 12.3 Å². The maximum atomic E-state index is 9.65. The van der Waals surface area contributed by atoms with Gasteiger partial charge in [0.15, 0.2) is 0 Å². The first-order valence-corrected chi connectivity index (χ1v) is 6.30.